The van der Waals surface area contributed by atoms with Crippen molar-refractivity contribution in [1.82, 2.24) is 25.2 Å². The van der Waals surface area contributed by atoms with Crippen molar-refractivity contribution in [3.05, 3.63) is 11.4 Å². The molecule has 1 aromatic heterocycles. The second-order valence-corrected chi connectivity index (χ2v) is 6.11. The van der Waals surface area contributed by atoms with Gasteiger partial charge in [-0.15, -0.1) is 0 Å². The first-order valence-corrected chi connectivity index (χ1v) is 8.19. The number of nitrogens with one attached hydrogen (secondary N) is 1. The molecule has 0 saturated carbocycles. The Hall–Kier alpha value is -1.47. The zero-order valence-corrected chi connectivity index (χ0v) is 13.3. The predicted octanol–water partition coefficient (Wildman–Crippen LogP) is 0.405. The summed E-state index contributed by atoms with van der Waals surface area (Å²) in [6, 6.07) is 0. The molecule has 0 aromatic carbocycles. The lowest BCUT2D eigenvalue weighted by atomic mass is 9.88. The monoisotopic (exact) mass is 307 g/mol. The number of aromatic amines is 1. The topological polar surface area (TPSA) is 74.3 Å². The van der Waals surface area contributed by atoms with E-state index in [9.17, 15) is 4.79 Å². The van der Waals surface area contributed by atoms with E-state index in [0.29, 0.717) is 0 Å². The van der Waals surface area contributed by atoms with E-state index in [1.165, 1.54) is 0 Å². The normalized spacial score (nSPS) is 23.1. The second kappa shape index (κ2) is 7.19. The highest BCUT2D eigenvalue weighted by Crippen LogP contribution is 2.30. The Morgan fingerprint density at radius 3 is 3.05 bits per heavy atom. The number of carbonyl (C=O) groups is 1. The minimum atomic E-state index is -0.104. The molecule has 1 aliphatic heterocycles. The van der Waals surface area contributed by atoms with E-state index < -0.39 is 0 Å². The van der Waals surface area contributed by atoms with Crippen molar-refractivity contribution in [3.8, 4) is 0 Å². The van der Waals surface area contributed by atoms with E-state index in [1.807, 2.05) is 4.90 Å². The largest absolute Gasteiger partial charge is 0.383 e. The van der Waals surface area contributed by atoms with Crippen molar-refractivity contribution in [1.29, 1.82) is 0 Å². The van der Waals surface area contributed by atoms with E-state index >= 15 is 0 Å². The summed E-state index contributed by atoms with van der Waals surface area (Å²) in [6.45, 7) is 5.28. The molecule has 0 spiro atoms. The van der Waals surface area contributed by atoms with E-state index in [2.05, 4.69) is 20.3 Å². The molecule has 1 aromatic rings. The molecule has 3 rings (SSSR count). The second-order valence-electron chi connectivity index (χ2n) is 6.11. The highest BCUT2D eigenvalue weighted by molar-refractivity contribution is 5.83. The summed E-state index contributed by atoms with van der Waals surface area (Å²) in [4.78, 5) is 17.3. The van der Waals surface area contributed by atoms with Crippen LogP contribution in [0.1, 0.15) is 36.6 Å². The number of hydrogen-bond acceptors (Lipinski definition) is 5. The molecule has 1 aliphatic carbocycles. The van der Waals surface area contributed by atoms with Gasteiger partial charge in [0, 0.05) is 33.3 Å². The fourth-order valence-corrected chi connectivity index (χ4v) is 3.43. The van der Waals surface area contributed by atoms with Gasteiger partial charge >= 0.3 is 0 Å². The van der Waals surface area contributed by atoms with E-state index in [4.69, 9.17) is 4.74 Å². The molecule has 0 bridgehead atoms. The molecule has 1 unspecified atom stereocenters. The first-order valence-electron chi connectivity index (χ1n) is 8.19. The number of hydrogen-bond donors (Lipinski definition) is 1. The lowest BCUT2D eigenvalue weighted by molar-refractivity contribution is -0.133. The minimum absolute atomic E-state index is 0.104. The third kappa shape index (κ3) is 3.30. The van der Waals surface area contributed by atoms with Crippen LogP contribution in [0.4, 0.5) is 0 Å². The quantitative estimate of drug-likeness (QED) is 0.872. The predicted molar refractivity (Wildman–Crippen MR) is 81.6 cm³/mol. The van der Waals surface area contributed by atoms with Crippen molar-refractivity contribution >= 4 is 5.91 Å². The lowest BCUT2D eigenvalue weighted by Gasteiger charge is -2.27. The Morgan fingerprint density at radius 2 is 2.18 bits per heavy atom. The van der Waals surface area contributed by atoms with Crippen LogP contribution in [-0.4, -0.2) is 77.6 Å². The molecule has 1 amide bonds. The zero-order chi connectivity index (χ0) is 15.4. The van der Waals surface area contributed by atoms with Crippen molar-refractivity contribution in [2.75, 3.05) is 46.4 Å². The van der Waals surface area contributed by atoms with Gasteiger partial charge in [0.15, 0.2) is 0 Å². The fourth-order valence-electron chi connectivity index (χ4n) is 3.43. The van der Waals surface area contributed by atoms with Gasteiger partial charge in [0.05, 0.1) is 23.9 Å². The fraction of sp³-hybridized carbons (Fsp3) is 0.800. The molecule has 1 atom stereocenters. The third-order valence-electron chi connectivity index (χ3n) is 4.70. The summed E-state index contributed by atoms with van der Waals surface area (Å²) in [5, 5.41) is 11.1. The number of aryl methyl sites for hydroxylation is 1. The molecule has 122 valence electrons. The van der Waals surface area contributed by atoms with Gasteiger partial charge in [-0.05, 0) is 32.2 Å². The molecule has 22 heavy (non-hydrogen) atoms. The number of carbonyl (C=O) groups excluding carboxylic acids is 1. The van der Waals surface area contributed by atoms with Crippen LogP contribution in [0.3, 0.4) is 0 Å². The summed E-state index contributed by atoms with van der Waals surface area (Å²) < 4.78 is 5.14. The standard InChI is InChI=1S/C15H25N5O2/c1-22-11-10-19-6-3-7-20(9-8-19)15(21)12-4-2-5-13-14(12)17-18-16-13/h12H,2-11H2,1H3,(H,16,17,18). The van der Waals surface area contributed by atoms with Crippen LogP contribution in [0, 0.1) is 0 Å². The Morgan fingerprint density at radius 1 is 1.27 bits per heavy atom. The Labute approximate surface area is 131 Å². The molecule has 7 heteroatoms. The lowest BCUT2D eigenvalue weighted by Crippen LogP contribution is -2.39. The number of ether oxygens (including phenoxy) is 1. The number of H-pyrrole nitrogens is 1. The Balaban J connectivity index is 1.61. The number of nitrogens with zero attached hydrogens (tertiary/aromatic N) is 4. The van der Waals surface area contributed by atoms with Gasteiger partial charge in [0.2, 0.25) is 5.91 Å². The molecular formula is C15H25N5O2. The Kier molecular flexibility index (Phi) is 5.04. The number of amides is 1. The Bertz CT molecular complexity index is 504. The molecule has 2 aliphatic rings. The number of rotatable bonds is 4. The molecule has 2 heterocycles. The first-order chi connectivity index (χ1) is 10.8. The smallest absolute Gasteiger partial charge is 0.231 e. The maximum absolute atomic E-state index is 12.9. The van der Waals surface area contributed by atoms with Gasteiger partial charge in [-0.25, -0.2) is 0 Å². The highest BCUT2D eigenvalue weighted by atomic mass is 16.5. The summed E-state index contributed by atoms with van der Waals surface area (Å²) in [5.74, 6) is 0.122. The van der Waals surface area contributed by atoms with Gasteiger partial charge in [0.1, 0.15) is 0 Å². The maximum atomic E-state index is 12.9. The summed E-state index contributed by atoms with van der Waals surface area (Å²) in [5.41, 5.74) is 1.85. The molecule has 0 radical (unpaired) electrons. The summed E-state index contributed by atoms with van der Waals surface area (Å²) in [7, 11) is 1.73. The van der Waals surface area contributed by atoms with Gasteiger partial charge in [-0.1, -0.05) is 0 Å². The molecule has 1 N–H and O–H groups in total. The van der Waals surface area contributed by atoms with Crippen LogP contribution >= 0.6 is 0 Å². The van der Waals surface area contributed by atoms with Crippen LogP contribution in [0.5, 0.6) is 0 Å². The number of methoxy groups -OCH3 is 1. The van der Waals surface area contributed by atoms with Crippen molar-refractivity contribution < 1.29 is 9.53 Å². The van der Waals surface area contributed by atoms with Crippen LogP contribution in [0.25, 0.3) is 0 Å². The average molecular weight is 307 g/mol. The van der Waals surface area contributed by atoms with Crippen molar-refractivity contribution in [3.63, 3.8) is 0 Å². The van der Waals surface area contributed by atoms with E-state index in [1.54, 1.807) is 7.11 Å². The maximum Gasteiger partial charge on any atom is 0.231 e. The van der Waals surface area contributed by atoms with Crippen LogP contribution in [-0.2, 0) is 16.0 Å². The zero-order valence-electron chi connectivity index (χ0n) is 13.3. The van der Waals surface area contributed by atoms with Gasteiger partial charge in [-0.3, -0.25) is 9.69 Å². The number of fused-ring (bicyclic) bond motifs is 1. The van der Waals surface area contributed by atoms with Gasteiger partial charge in [-0.2, -0.15) is 15.4 Å². The van der Waals surface area contributed by atoms with Crippen molar-refractivity contribution in [2.24, 2.45) is 0 Å². The van der Waals surface area contributed by atoms with Crippen LogP contribution in [0.2, 0.25) is 0 Å². The third-order valence-corrected chi connectivity index (χ3v) is 4.70. The minimum Gasteiger partial charge on any atom is -0.383 e. The van der Waals surface area contributed by atoms with Gasteiger partial charge < -0.3 is 9.64 Å². The van der Waals surface area contributed by atoms with Gasteiger partial charge in [0.25, 0.3) is 0 Å². The van der Waals surface area contributed by atoms with E-state index in [0.717, 1.165) is 76.4 Å². The SMILES string of the molecule is COCCN1CCCN(C(=O)C2CCCc3n[nH]nc32)CC1. The summed E-state index contributed by atoms with van der Waals surface area (Å²) >= 11 is 0. The molecule has 1 saturated heterocycles. The number of aromatic nitrogens is 3. The molecule has 1 fully saturated rings. The first kappa shape index (κ1) is 15.4. The highest BCUT2D eigenvalue weighted by Gasteiger charge is 2.33. The molecule has 7 nitrogen and oxygen atoms in total. The molecular weight excluding hydrogens is 282 g/mol. The average Bonchev–Trinajstić information content (AvgIpc) is 2.90. The van der Waals surface area contributed by atoms with E-state index in [-0.39, 0.29) is 11.8 Å². The summed E-state index contributed by atoms with van der Waals surface area (Å²) in [6.07, 6.45) is 3.86. The van der Waals surface area contributed by atoms with Crippen molar-refractivity contribution in [2.45, 2.75) is 31.6 Å². The van der Waals surface area contributed by atoms with Crippen LogP contribution in [0.15, 0.2) is 0 Å². The van der Waals surface area contributed by atoms with Crippen LogP contribution < -0.4 is 0 Å².